The van der Waals surface area contributed by atoms with Crippen LogP contribution in [0.5, 0.6) is 11.5 Å². The summed E-state index contributed by atoms with van der Waals surface area (Å²) in [5.74, 6) is 1.34. The summed E-state index contributed by atoms with van der Waals surface area (Å²) >= 11 is 3.63. The first-order valence-electron chi connectivity index (χ1n) is 8.12. The molecule has 0 unspecified atom stereocenters. The lowest BCUT2D eigenvalue weighted by Gasteiger charge is -2.12. The van der Waals surface area contributed by atoms with Crippen LogP contribution in [0.15, 0.2) is 42.5 Å². The summed E-state index contributed by atoms with van der Waals surface area (Å²) < 4.78 is 22.7. The smallest absolute Gasteiger partial charge is 0.189 e. The van der Waals surface area contributed by atoms with Crippen molar-refractivity contribution in [3.8, 4) is 11.5 Å². The molecule has 2 rings (SSSR count). The summed E-state index contributed by atoms with van der Waals surface area (Å²) in [7, 11) is 0. The van der Waals surface area contributed by atoms with Gasteiger partial charge in [0, 0.05) is 23.8 Å². The molecule has 2 aromatic rings. The van der Waals surface area contributed by atoms with E-state index in [0.717, 1.165) is 15.6 Å². The minimum absolute atomic E-state index is 0.194. The molecule has 0 aliphatic heterocycles. The molecule has 0 N–H and O–H groups in total. The molecule has 4 nitrogen and oxygen atoms in total. The highest BCUT2D eigenvalue weighted by atomic mass is 79.9. The minimum Gasteiger partial charge on any atom is -0.467 e. The molecule has 2 aromatic carbocycles. The van der Waals surface area contributed by atoms with E-state index in [2.05, 4.69) is 22.0 Å². The van der Waals surface area contributed by atoms with E-state index in [0.29, 0.717) is 24.7 Å². The predicted molar refractivity (Wildman–Crippen MR) is 103 cm³/mol. The molecule has 0 saturated carbocycles. The van der Waals surface area contributed by atoms with Crippen LogP contribution in [0.4, 0.5) is 0 Å². The average Bonchev–Trinajstić information content (AvgIpc) is 2.63. The van der Waals surface area contributed by atoms with E-state index in [4.69, 9.17) is 18.9 Å². The summed E-state index contributed by atoms with van der Waals surface area (Å²) in [4.78, 5) is 0. The Morgan fingerprint density at radius 3 is 2.20 bits per heavy atom. The first kappa shape index (κ1) is 19.5. The molecular formula is C20H22BrO4. The zero-order chi connectivity index (χ0) is 17.9. The maximum atomic E-state index is 5.64. The van der Waals surface area contributed by atoms with E-state index in [9.17, 15) is 0 Å². The number of hydrogen-bond donors (Lipinski definition) is 0. The SMILES string of the molecule is CCOCOc1cc(OCOCC)cc(C(Br)=Cc2c[c]ccc2)c1. The second-order valence-corrected chi connectivity index (χ2v) is 5.89. The number of halogens is 1. The summed E-state index contributed by atoms with van der Waals surface area (Å²) in [5.41, 5.74) is 1.98. The molecule has 0 spiro atoms. The fourth-order valence-electron chi connectivity index (χ4n) is 1.99. The van der Waals surface area contributed by atoms with Gasteiger partial charge in [0.2, 0.25) is 0 Å². The third-order valence-corrected chi connectivity index (χ3v) is 3.89. The Hall–Kier alpha value is -1.82. The van der Waals surface area contributed by atoms with Crippen molar-refractivity contribution >= 4 is 26.5 Å². The van der Waals surface area contributed by atoms with Gasteiger partial charge in [0.15, 0.2) is 13.6 Å². The fourth-order valence-corrected chi connectivity index (χ4v) is 2.48. The Balaban J connectivity index is 2.22. The van der Waals surface area contributed by atoms with Crippen molar-refractivity contribution in [1.82, 2.24) is 0 Å². The largest absolute Gasteiger partial charge is 0.467 e. The van der Waals surface area contributed by atoms with Gasteiger partial charge in [-0.05, 0) is 55.3 Å². The van der Waals surface area contributed by atoms with Crippen molar-refractivity contribution in [2.24, 2.45) is 0 Å². The lowest BCUT2D eigenvalue weighted by atomic mass is 10.1. The molecule has 1 radical (unpaired) electrons. The van der Waals surface area contributed by atoms with Gasteiger partial charge in [-0.3, -0.25) is 0 Å². The summed E-state index contributed by atoms with van der Waals surface area (Å²) in [6, 6.07) is 16.5. The highest BCUT2D eigenvalue weighted by molar-refractivity contribution is 9.15. The Morgan fingerprint density at radius 2 is 1.68 bits per heavy atom. The fraction of sp³-hybridized carbons (Fsp3) is 0.300. The lowest BCUT2D eigenvalue weighted by molar-refractivity contribution is 0.0182. The van der Waals surface area contributed by atoms with Crippen LogP contribution in [0.1, 0.15) is 25.0 Å². The molecule has 0 amide bonds. The lowest BCUT2D eigenvalue weighted by Crippen LogP contribution is -2.04. The van der Waals surface area contributed by atoms with Crippen LogP contribution in [0.3, 0.4) is 0 Å². The van der Waals surface area contributed by atoms with Gasteiger partial charge >= 0.3 is 0 Å². The van der Waals surface area contributed by atoms with Gasteiger partial charge in [-0.1, -0.05) is 34.1 Å². The minimum atomic E-state index is 0.194. The van der Waals surface area contributed by atoms with E-state index in [1.54, 1.807) is 0 Å². The van der Waals surface area contributed by atoms with Gasteiger partial charge in [0.05, 0.1) is 0 Å². The standard InChI is InChI=1S/C20H22BrO4/c1-3-22-14-24-18-11-17(12-19(13-18)25-15-23-4-2)20(21)10-16-8-6-5-7-9-16/h5-6,8-13H,3-4,14-15H2,1-2H3. The van der Waals surface area contributed by atoms with Crippen molar-refractivity contribution < 1.29 is 18.9 Å². The van der Waals surface area contributed by atoms with E-state index < -0.39 is 0 Å². The molecule has 25 heavy (non-hydrogen) atoms. The van der Waals surface area contributed by atoms with E-state index in [1.807, 2.05) is 62.4 Å². The molecule has 0 heterocycles. The summed E-state index contributed by atoms with van der Waals surface area (Å²) in [5, 5.41) is 0. The Labute approximate surface area is 157 Å². The van der Waals surface area contributed by atoms with Crippen LogP contribution in [0, 0.1) is 6.07 Å². The van der Waals surface area contributed by atoms with Crippen LogP contribution in [0.2, 0.25) is 0 Å². The summed E-state index contributed by atoms with van der Waals surface area (Å²) in [6.07, 6.45) is 2.02. The van der Waals surface area contributed by atoms with E-state index >= 15 is 0 Å². The number of hydrogen-bond acceptors (Lipinski definition) is 4. The second-order valence-electron chi connectivity index (χ2n) is 5.03. The third kappa shape index (κ3) is 6.90. The molecular weight excluding hydrogens is 384 g/mol. The van der Waals surface area contributed by atoms with Crippen molar-refractivity contribution in [3.05, 3.63) is 59.7 Å². The van der Waals surface area contributed by atoms with Crippen LogP contribution < -0.4 is 9.47 Å². The molecule has 0 aliphatic rings. The monoisotopic (exact) mass is 405 g/mol. The van der Waals surface area contributed by atoms with Crippen LogP contribution >= 0.6 is 15.9 Å². The summed E-state index contributed by atoms with van der Waals surface area (Å²) in [6.45, 7) is 5.43. The highest BCUT2D eigenvalue weighted by Crippen LogP contribution is 2.31. The first-order chi connectivity index (χ1) is 12.2. The Morgan fingerprint density at radius 1 is 1.04 bits per heavy atom. The normalized spacial score (nSPS) is 11.4. The van der Waals surface area contributed by atoms with Crippen molar-refractivity contribution in [2.45, 2.75) is 13.8 Å². The van der Waals surface area contributed by atoms with Crippen molar-refractivity contribution in [3.63, 3.8) is 0 Å². The highest BCUT2D eigenvalue weighted by Gasteiger charge is 2.07. The van der Waals surface area contributed by atoms with Crippen LogP contribution in [0.25, 0.3) is 10.6 Å². The molecule has 0 saturated heterocycles. The molecule has 0 atom stereocenters. The molecule has 0 aromatic heterocycles. The van der Waals surface area contributed by atoms with Gasteiger partial charge in [-0.15, -0.1) is 0 Å². The predicted octanol–water partition coefficient (Wildman–Crippen LogP) is 5.13. The Kier molecular flexibility index (Phi) is 8.52. The molecule has 0 fully saturated rings. The van der Waals surface area contributed by atoms with E-state index in [-0.39, 0.29) is 13.6 Å². The topological polar surface area (TPSA) is 36.9 Å². The van der Waals surface area contributed by atoms with Crippen LogP contribution in [-0.2, 0) is 9.47 Å². The zero-order valence-electron chi connectivity index (χ0n) is 14.5. The number of ether oxygens (including phenoxy) is 4. The zero-order valence-corrected chi connectivity index (χ0v) is 16.0. The first-order valence-corrected chi connectivity index (χ1v) is 8.92. The van der Waals surface area contributed by atoms with Gasteiger partial charge in [-0.2, -0.15) is 0 Å². The van der Waals surface area contributed by atoms with Crippen molar-refractivity contribution in [1.29, 1.82) is 0 Å². The van der Waals surface area contributed by atoms with Gasteiger partial charge in [0.1, 0.15) is 11.5 Å². The maximum absolute atomic E-state index is 5.64. The van der Waals surface area contributed by atoms with Gasteiger partial charge in [-0.25, -0.2) is 0 Å². The Bertz CT molecular complexity index is 642. The average molecular weight is 406 g/mol. The quantitative estimate of drug-likeness (QED) is 0.312. The third-order valence-electron chi connectivity index (χ3n) is 3.21. The van der Waals surface area contributed by atoms with Crippen molar-refractivity contribution in [2.75, 3.05) is 26.8 Å². The second kappa shape index (κ2) is 10.9. The molecule has 5 heteroatoms. The number of benzene rings is 2. The van der Waals surface area contributed by atoms with E-state index in [1.165, 1.54) is 0 Å². The van der Waals surface area contributed by atoms with Crippen LogP contribution in [-0.4, -0.2) is 26.8 Å². The molecule has 0 bridgehead atoms. The van der Waals surface area contributed by atoms with Gasteiger partial charge < -0.3 is 18.9 Å². The number of rotatable bonds is 10. The van der Waals surface area contributed by atoms with Gasteiger partial charge in [0.25, 0.3) is 0 Å². The molecule has 0 aliphatic carbocycles. The molecule has 133 valence electrons. The maximum Gasteiger partial charge on any atom is 0.189 e.